The van der Waals surface area contributed by atoms with Gasteiger partial charge in [-0.2, -0.15) is 0 Å². The van der Waals surface area contributed by atoms with Gasteiger partial charge in [-0.1, -0.05) is 17.7 Å². The SMILES string of the molecule is Cc1cc(Cl)ccc1CNCC(F)(F)CNC(=O)OC(C)(C)C. The highest BCUT2D eigenvalue weighted by Crippen LogP contribution is 2.16. The summed E-state index contributed by atoms with van der Waals surface area (Å²) in [4.78, 5) is 11.4. The van der Waals surface area contributed by atoms with Crippen LogP contribution in [0.1, 0.15) is 31.9 Å². The molecule has 0 bridgehead atoms. The van der Waals surface area contributed by atoms with Crippen molar-refractivity contribution >= 4 is 17.7 Å². The van der Waals surface area contributed by atoms with Crippen LogP contribution in [0.3, 0.4) is 0 Å². The van der Waals surface area contributed by atoms with Gasteiger partial charge in [-0.25, -0.2) is 13.6 Å². The number of hydrogen-bond donors (Lipinski definition) is 2. The number of halogens is 3. The second kappa shape index (κ2) is 7.93. The lowest BCUT2D eigenvalue weighted by Crippen LogP contribution is -2.44. The van der Waals surface area contributed by atoms with E-state index in [1.54, 1.807) is 39.0 Å². The van der Waals surface area contributed by atoms with Crippen LogP contribution >= 0.6 is 11.6 Å². The van der Waals surface area contributed by atoms with Crippen LogP contribution in [0.2, 0.25) is 5.02 Å². The number of rotatable bonds is 6. The zero-order chi connectivity index (χ0) is 17.7. The van der Waals surface area contributed by atoms with Crippen LogP contribution in [0.25, 0.3) is 0 Å². The Morgan fingerprint density at radius 2 is 1.91 bits per heavy atom. The Bertz CT molecular complexity index is 545. The van der Waals surface area contributed by atoms with Crippen molar-refractivity contribution in [3.8, 4) is 0 Å². The third-order valence-electron chi connectivity index (χ3n) is 2.89. The van der Waals surface area contributed by atoms with E-state index in [2.05, 4.69) is 10.6 Å². The Balaban J connectivity index is 2.39. The zero-order valence-corrected chi connectivity index (χ0v) is 14.6. The van der Waals surface area contributed by atoms with Gasteiger partial charge in [0.1, 0.15) is 5.60 Å². The monoisotopic (exact) mass is 348 g/mol. The first kappa shape index (κ1) is 19.6. The largest absolute Gasteiger partial charge is 0.444 e. The van der Waals surface area contributed by atoms with Gasteiger partial charge in [0, 0.05) is 11.6 Å². The summed E-state index contributed by atoms with van der Waals surface area (Å²) in [6.07, 6.45) is -0.856. The molecular weight excluding hydrogens is 326 g/mol. The topological polar surface area (TPSA) is 50.4 Å². The second-order valence-electron chi connectivity index (χ2n) is 6.39. The van der Waals surface area contributed by atoms with E-state index in [9.17, 15) is 13.6 Å². The van der Waals surface area contributed by atoms with Gasteiger partial charge < -0.3 is 15.4 Å². The van der Waals surface area contributed by atoms with E-state index >= 15 is 0 Å². The smallest absolute Gasteiger partial charge is 0.407 e. The van der Waals surface area contributed by atoms with Gasteiger partial charge in [0.05, 0.1) is 13.1 Å². The van der Waals surface area contributed by atoms with Crippen molar-refractivity contribution in [1.82, 2.24) is 10.6 Å². The maximum atomic E-state index is 13.7. The molecule has 0 aliphatic heterocycles. The minimum Gasteiger partial charge on any atom is -0.444 e. The number of ether oxygens (including phenoxy) is 1. The number of alkyl carbamates (subject to hydrolysis) is 1. The van der Waals surface area contributed by atoms with Crippen molar-refractivity contribution in [3.63, 3.8) is 0 Å². The van der Waals surface area contributed by atoms with Gasteiger partial charge in [0.25, 0.3) is 5.92 Å². The summed E-state index contributed by atoms with van der Waals surface area (Å²) in [5.74, 6) is -3.07. The van der Waals surface area contributed by atoms with Crippen LogP contribution in [-0.4, -0.2) is 30.7 Å². The predicted octanol–water partition coefficient (Wildman–Crippen LogP) is 3.90. The van der Waals surface area contributed by atoms with Gasteiger partial charge in [0.2, 0.25) is 0 Å². The molecule has 7 heteroatoms. The molecule has 0 saturated heterocycles. The third kappa shape index (κ3) is 8.13. The lowest BCUT2D eigenvalue weighted by molar-refractivity contribution is -0.00377. The van der Waals surface area contributed by atoms with Crippen molar-refractivity contribution < 1.29 is 18.3 Å². The fourth-order valence-electron chi connectivity index (χ4n) is 1.82. The van der Waals surface area contributed by atoms with E-state index in [1.165, 1.54) is 0 Å². The normalized spacial score (nSPS) is 12.1. The fraction of sp³-hybridized carbons (Fsp3) is 0.562. The first-order valence-electron chi connectivity index (χ1n) is 7.29. The Morgan fingerprint density at radius 3 is 2.48 bits per heavy atom. The number of amides is 1. The number of carbonyl (C=O) groups is 1. The van der Waals surface area contributed by atoms with E-state index in [1.807, 2.05) is 6.92 Å². The predicted molar refractivity (Wildman–Crippen MR) is 87.1 cm³/mol. The number of aryl methyl sites for hydroxylation is 1. The quantitative estimate of drug-likeness (QED) is 0.819. The molecule has 0 aliphatic carbocycles. The van der Waals surface area contributed by atoms with Gasteiger partial charge in [-0.3, -0.25) is 0 Å². The Hall–Kier alpha value is -1.40. The molecule has 0 aromatic heterocycles. The molecule has 0 aliphatic rings. The van der Waals surface area contributed by atoms with Crippen LogP contribution in [0.15, 0.2) is 18.2 Å². The van der Waals surface area contributed by atoms with E-state index in [0.717, 1.165) is 11.1 Å². The van der Waals surface area contributed by atoms with Crippen LogP contribution < -0.4 is 10.6 Å². The van der Waals surface area contributed by atoms with E-state index < -0.39 is 30.7 Å². The summed E-state index contributed by atoms with van der Waals surface area (Å²) in [6, 6.07) is 5.29. The summed E-state index contributed by atoms with van der Waals surface area (Å²) >= 11 is 5.85. The number of carbonyl (C=O) groups excluding carboxylic acids is 1. The fourth-order valence-corrected chi connectivity index (χ4v) is 2.04. The zero-order valence-electron chi connectivity index (χ0n) is 13.8. The molecule has 0 atom stereocenters. The van der Waals surface area contributed by atoms with Crippen molar-refractivity contribution in [3.05, 3.63) is 34.3 Å². The average Bonchev–Trinajstić information content (AvgIpc) is 2.37. The number of nitrogens with one attached hydrogen (secondary N) is 2. The Kier molecular flexibility index (Phi) is 6.77. The molecule has 1 aromatic rings. The molecule has 0 heterocycles. The molecule has 0 fully saturated rings. The highest BCUT2D eigenvalue weighted by molar-refractivity contribution is 6.30. The molecule has 1 amide bonds. The highest BCUT2D eigenvalue weighted by atomic mass is 35.5. The molecule has 0 radical (unpaired) electrons. The minimum atomic E-state index is -3.07. The van der Waals surface area contributed by atoms with Crippen molar-refractivity contribution in [1.29, 1.82) is 0 Å². The number of hydrogen-bond acceptors (Lipinski definition) is 3. The van der Waals surface area contributed by atoms with Crippen molar-refractivity contribution in [2.45, 2.75) is 45.8 Å². The first-order chi connectivity index (χ1) is 10.5. The summed E-state index contributed by atoms with van der Waals surface area (Å²) in [6.45, 7) is 5.83. The molecule has 130 valence electrons. The first-order valence-corrected chi connectivity index (χ1v) is 7.67. The molecule has 4 nitrogen and oxygen atoms in total. The summed E-state index contributed by atoms with van der Waals surface area (Å²) in [5, 5.41) is 5.38. The summed E-state index contributed by atoms with van der Waals surface area (Å²) < 4.78 is 32.4. The Labute approximate surface area is 140 Å². The van der Waals surface area contributed by atoms with E-state index in [4.69, 9.17) is 16.3 Å². The molecule has 23 heavy (non-hydrogen) atoms. The molecule has 1 rings (SSSR count). The maximum Gasteiger partial charge on any atom is 0.407 e. The molecule has 0 spiro atoms. The summed E-state index contributed by atoms with van der Waals surface area (Å²) in [7, 11) is 0. The van der Waals surface area contributed by atoms with E-state index in [-0.39, 0.29) is 0 Å². The lowest BCUT2D eigenvalue weighted by Gasteiger charge is -2.22. The molecule has 2 N–H and O–H groups in total. The lowest BCUT2D eigenvalue weighted by atomic mass is 10.1. The van der Waals surface area contributed by atoms with Gasteiger partial charge in [-0.15, -0.1) is 0 Å². The van der Waals surface area contributed by atoms with Crippen molar-refractivity contribution in [2.24, 2.45) is 0 Å². The van der Waals surface area contributed by atoms with Gasteiger partial charge in [0.15, 0.2) is 0 Å². The van der Waals surface area contributed by atoms with Crippen LogP contribution in [0, 0.1) is 6.92 Å². The highest BCUT2D eigenvalue weighted by Gasteiger charge is 2.30. The Morgan fingerprint density at radius 1 is 1.26 bits per heavy atom. The summed E-state index contributed by atoms with van der Waals surface area (Å²) in [5.41, 5.74) is 1.11. The van der Waals surface area contributed by atoms with Gasteiger partial charge >= 0.3 is 6.09 Å². The maximum absolute atomic E-state index is 13.7. The second-order valence-corrected chi connectivity index (χ2v) is 6.82. The van der Waals surface area contributed by atoms with Crippen LogP contribution in [-0.2, 0) is 11.3 Å². The van der Waals surface area contributed by atoms with Crippen LogP contribution in [0.4, 0.5) is 13.6 Å². The average molecular weight is 349 g/mol. The van der Waals surface area contributed by atoms with E-state index in [0.29, 0.717) is 11.6 Å². The standard InChI is InChI=1S/C16H23ClF2N2O2/c1-11-7-13(17)6-5-12(11)8-20-9-16(18,19)10-21-14(22)23-15(2,3)4/h5-7,20H,8-10H2,1-4H3,(H,21,22). The number of alkyl halides is 2. The van der Waals surface area contributed by atoms with Crippen molar-refractivity contribution in [2.75, 3.05) is 13.1 Å². The molecular formula is C16H23ClF2N2O2. The molecule has 1 aromatic carbocycles. The minimum absolute atomic E-state index is 0.297. The van der Waals surface area contributed by atoms with Gasteiger partial charge in [-0.05, 0) is 51.0 Å². The number of benzene rings is 1. The third-order valence-corrected chi connectivity index (χ3v) is 3.13. The molecule has 0 unspecified atom stereocenters. The van der Waals surface area contributed by atoms with Crippen LogP contribution in [0.5, 0.6) is 0 Å². The molecule has 0 saturated carbocycles.